The monoisotopic (exact) mass is 549 g/mol. The molecule has 12 heteroatoms. The Balaban J connectivity index is 0.000000673. The van der Waals surface area contributed by atoms with Crippen molar-refractivity contribution >= 4 is 23.5 Å². The van der Waals surface area contributed by atoms with E-state index in [1.807, 2.05) is 27.7 Å². The highest BCUT2D eigenvalue weighted by molar-refractivity contribution is 6.08. The number of rotatable bonds is 8. The molecule has 0 saturated carbocycles. The first-order chi connectivity index (χ1) is 18.2. The lowest BCUT2D eigenvalue weighted by Crippen LogP contribution is -2.49. The second kappa shape index (κ2) is 13.4. The Morgan fingerprint density at radius 1 is 1.08 bits per heavy atom. The number of hydrogen-bond acceptors (Lipinski definition) is 6. The summed E-state index contributed by atoms with van der Waals surface area (Å²) in [5.74, 6) is -2.69. The van der Waals surface area contributed by atoms with Gasteiger partial charge in [-0.1, -0.05) is 13.0 Å². The number of alkyl halides is 3. The maximum absolute atomic E-state index is 13.5. The number of benzene rings is 1. The third-order valence-electron chi connectivity index (χ3n) is 4.79. The number of halogens is 3. The Labute approximate surface area is 223 Å². The van der Waals surface area contributed by atoms with E-state index in [1.54, 1.807) is 60.9 Å². The highest BCUT2D eigenvalue weighted by Gasteiger charge is 2.38. The summed E-state index contributed by atoms with van der Waals surface area (Å²) in [6.45, 7) is 8.31. The van der Waals surface area contributed by atoms with Crippen molar-refractivity contribution in [1.82, 2.24) is 10.3 Å². The second-order valence-corrected chi connectivity index (χ2v) is 9.23. The SMILES string of the molecule is CCCOc1ccc(N(C(=O)c2ccco2)C(C(=O)NC(C)(C)C)c2cccnc2)cc1.O=C(O)C(F)(F)F. The number of nitrogens with one attached hydrogen (secondary N) is 1. The van der Waals surface area contributed by atoms with E-state index >= 15 is 0 Å². The average Bonchev–Trinajstić information content (AvgIpc) is 3.40. The Morgan fingerprint density at radius 2 is 1.72 bits per heavy atom. The smallest absolute Gasteiger partial charge is 0.490 e. The van der Waals surface area contributed by atoms with Crippen LogP contribution in [0.5, 0.6) is 5.75 Å². The normalized spacial score (nSPS) is 12.0. The molecule has 9 nitrogen and oxygen atoms in total. The van der Waals surface area contributed by atoms with Crippen LogP contribution in [0.2, 0.25) is 0 Å². The molecule has 1 unspecified atom stereocenters. The fourth-order valence-electron chi connectivity index (χ4n) is 3.22. The van der Waals surface area contributed by atoms with Crippen LogP contribution in [0.1, 0.15) is 56.3 Å². The predicted octanol–water partition coefficient (Wildman–Crippen LogP) is 5.40. The van der Waals surface area contributed by atoms with Crippen molar-refractivity contribution in [1.29, 1.82) is 0 Å². The second-order valence-electron chi connectivity index (χ2n) is 9.23. The summed E-state index contributed by atoms with van der Waals surface area (Å²) in [7, 11) is 0. The van der Waals surface area contributed by atoms with Gasteiger partial charge in [-0.3, -0.25) is 19.5 Å². The molecule has 0 spiro atoms. The zero-order valence-electron chi connectivity index (χ0n) is 21.9. The van der Waals surface area contributed by atoms with Crippen molar-refractivity contribution in [2.24, 2.45) is 0 Å². The summed E-state index contributed by atoms with van der Waals surface area (Å²) >= 11 is 0. The summed E-state index contributed by atoms with van der Waals surface area (Å²) in [5, 5.41) is 10.1. The van der Waals surface area contributed by atoms with Crippen molar-refractivity contribution in [3.8, 4) is 5.75 Å². The molecule has 0 bridgehead atoms. The molecule has 0 aliphatic carbocycles. The van der Waals surface area contributed by atoms with Crippen molar-refractivity contribution in [3.05, 3.63) is 78.5 Å². The quantitative estimate of drug-likeness (QED) is 0.386. The van der Waals surface area contributed by atoms with Crippen molar-refractivity contribution in [2.75, 3.05) is 11.5 Å². The third-order valence-corrected chi connectivity index (χ3v) is 4.79. The highest BCUT2D eigenvalue weighted by atomic mass is 19.4. The first-order valence-electron chi connectivity index (χ1n) is 11.9. The first kappa shape index (κ1) is 30.9. The highest BCUT2D eigenvalue weighted by Crippen LogP contribution is 2.31. The molecular weight excluding hydrogens is 519 g/mol. The van der Waals surface area contributed by atoms with Crippen LogP contribution in [0, 0.1) is 0 Å². The largest absolute Gasteiger partial charge is 0.494 e. The summed E-state index contributed by atoms with van der Waals surface area (Å²) in [5.41, 5.74) is 0.628. The fourth-order valence-corrected chi connectivity index (χ4v) is 3.22. The molecule has 3 aromatic rings. The number of carbonyl (C=O) groups excluding carboxylic acids is 2. The molecule has 0 fully saturated rings. The number of aromatic nitrogens is 1. The van der Waals surface area contributed by atoms with Crippen LogP contribution in [0.15, 0.2) is 71.6 Å². The van der Waals surface area contributed by atoms with Gasteiger partial charge in [0.15, 0.2) is 5.76 Å². The lowest BCUT2D eigenvalue weighted by Gasteiger charge is -2.33. The number of carboxylic acid groups (broad SMARTS) is 1. The van der Waals surface area contributed by atoms with E-state index in [0.717, 1.165) is 6.42 Å². The van der Waals surface area contributed by atoms with Gasteiger partial charge in [-0.25, -0.2) is 4.79 Å². The molecule has 0 radical (unpaired) electrons. The van der Waals surface area contributed by atoms with Crippen molar-refractivity contribution < 1.29 is 41.8 Å². The summed E-state index contributed by atoms with van der Waals surface area (Å²) in [6, 6.07) is 12.9. The van der Waals surface area contributed by atoms with Crippen LogP contribution >= 0.6 is 0 Å². The molecular formula is C27H30F3N3O6. The zero-order chi connectivity index (χ0) is 29.2. The molecule has 3 rings (SSSR count). The number of anilines is 1. The number of pyridine rings is 1. The number of carboxylic acids is 1. The van der Waals surface area contributed by atoms with Gasteiger partial charge < -0.3 is 19.6 Å². The Bertz CT molecular complexity index is 1210. The zero-order valence-corrected chi connectivity index (χ0v) is 21.9. The molecule has 210 valence electrons. The maximum atomic E-state index is 13.5. The minimum atomic E-state index is -5.08. The van der Waals surface area contributed by atoms with Gasteiger partial charge in [-0.2, -0.15) is 13.2 Å². The molecule has 0 aliphatic rings. The number of hydrogen-bond donors (Lipinski definition) is 2. The number of ether oxygens (including phenoxy) is 1. The summed E-state index contributed by atoms with van der Waals surface area (Å²) < 4.78 is 42.8. The third kappa shape index (κ3) is 9.47. The van der Waals surface area contributed by atoms with E-state index in [1.165, 1.54) is 11.2 Å². The number of aliphatic carboxylic acids is 1. The van der Waals surface area contributed by atoms with E-state index in [2.05, 4.69) is 10.3 Å². The standard InChI is InChI=1S/C25H29N3O4.C2HF3O2/c1-5-15-31-20-12-10-19(11-13-20)28(24(30)21-9-7-16-32-21)22(18-8-6-14-26-17-18)23(29)27-25(2,3)4;3-2(4,5)1(6)7/h6-14,16-17,22H,5,15H2,1-4H3,(H,27,29);(H,6,7). The molecule has 39 heavy (non-hydrogen) atoms. The van der Waals surface area contributed by atoms with E-state index in [9.17, 15) is 22.8 Å². The Morgan fingerprint density at radius 3 is 2.18 bits per heavy atom. The topological polar surface area (TPSA) is 122 Å². The van der Waals surface area contributed by atoms with Crippen LogP contribution in [-0.2, 0) is 9.59 Å². The van der Waals surface area contributed by atoms with E-state index in [4.69, 9.17) is 19.1 Å². The van der Waals surface area contributed by atoms with Gasteiger partial charge in [-0.15, -0.1) is 0 Å². The number of carbonyl (C=O) groups is 3. The minimum Gasteiger partial charge on any atom is -0.494 e. The molecule has 2 N–H and O–H groups in total. The van der Waals surface area contributed by atoms with Crippen LogP contribution in [0.3, 0.4) is 0 Å². The summed E-state index contributed by atoms with van der Waals surface area (Å²) in [4.78, 5) is 41.5. The molecule has 2 amide bonds. The molecule has 2 aromatic heterocycles. The van der Waals surface area contributed by atoms with E-state index in [-0.39, 0.29) is 11.7 Å². The van der Waals surface area contributed by atoms with Crippen LogP contribution in [0.25, 0.3) is 0 Å². The molecule has 0 aliphatic heterocycles. The number of nitrogens with zero attached hydrogens (tertiary/aromatic N) is 2. The van der Waals surface area contributed by atoms with Crippen LogP contribution < -0.4 is 15.0 Å². The first-order valence-corrected chi connectivity index (χ1v) is 11.9. The molecule has 2 heterocycles. The minimum absolute atomic E-state index is 0.133. The van der Waals surface area contributed by atoms with Crippen molar-refractivity contribution in [2.45, 2.75) is 51.9 Å². The lowest BCUT2D eigenvalue weighted by atomic mass is 10.0. The van der Waals surface area contributed by atoms with Gasteiger partial charge in [0.1, 0.15) is 11.8 Å². The molecule has 1 atom stereocenters. The average molecular weight is 550 g/mol. The number of amides is 2. The van der Waals surface area contributed by atoms with Gasteiger partial charge in [0.25, 0.3) is 5.91 Å². The van der Waals surface area contributed by atoms with Crippen LogP contribution in [-0.4, -0.2) is 46.2 Å². The van der Waals surface area contributed by atoms with Gasteiger partial charge in [-0.05, 0) is 69.7 Å². The van der Waals surface area contributed by atoms with E-state index < -0.39 is 29.6 Å². The predicted molar refractivity (Wildman–Crippen MR) is 136 cm³/mol. The van der Waals surface area contributed by atoms with Gasteiger partial charge in [0.05, 0.1) is 12.9 Å². The maximum Gasteiger partial charge on any atom is 0.490 e. The molecule has 0 saturated heterocycles. The Kier molecular flexibility index (Phi) is 10.6. The fraction of sp³-hybridized carbons (Fsp3) is 0.333. The van der Waals surface area contributed by atoms with E-state index in [0.29, 0.717) is 23.6 Å². The summed E-state index contributed by atoms with van der Waals surface area (Å²) in [6.07, 6.45) is 0.456. The van der Waals surface area contributed by atoms with Gasteiger partial charge >= 0.3 is 12.1 Å². The van der Waals surface area contributed by atoms with Gasteiger partial charge in [0, 0.05) is 29.2 Å². The van der Waals surface area contributed by atoms with Crippen LogP contribution in [0.4, 0.5) is 18.9 Å². The number of furan rings is 1. The lowest BCUT2D eigenvalue weighted by molar-refractivity contribution is -0.192. The Hall–Kier alpha value is -4.35. The van der Waals surface area contributed by atoms with Crippen molar-refractivity contribution in [3.63, 3.8) is 0 Å². The molecule has 1 aromatic carbocycles. The van der Waals surface area contributed by atoms with Gasteiger partial charge in [0.2, 0.25) is 5.91 Å².